The Kier molecular flexibility index (Phi) is 4.96. The molecule has 0 aliphatic carbocycles. The molecule has 5 nitrogen and oxygen atoms in total. The van der Waals surface area contributed by atoms with E-state index in [0.717, 1.165) is 31.4 Å². The maximum atomic E-state index is 12.3. The molecule has 5 heteroatoms. The van der Waals surface area contributed by atoms with E-state index in [1.807, 2.05) is 6.92 Å². The van der Waals surface area contributed by atoms with E-state index in [1.165, 1.54) is 0 Å². The summed E-state index contributed by atoms with van der Waals surface area (Å²) in [5.74, 6) is -0.850. The second-order valence-corrected chi connectivity index (χ2v) is 5.47. The molecule has 0 aromatic heterocycles. The first-order valence-corrected chi connectivity index (χ1v) is 7.43. The van der Waals surface area contributed by atoms with Crippen LogP contribution in [0, 0.1) is 0 Å². The fourth-order valence-corrected chi connectivity index (χ4v) is 2.77. The molecule has 1 amide bonds. The van der Waals surface area contributed by atoms with Gasteiger partial charge in [0.05, 0.1) is 11.1 Å². The lowest BCUT2D eigenvalue weighted by molar-refractivity contribution is -0.127. The molecule has 0 saturated carbocycles. The van der Waals surface area contributed by atoms with E-state index in [9.17, 15) is 9.59 Å². The van der Waals surface area contributed by atoms with E-state index in [1.54, 1.807) is 24.3 Å². The highest BCUT2D eigenvalue weighted by molar-refractivity contribution is 5.87. The molecule has 3 N–H and O–H groups in total. The molecule has 1 aliphatic heterocycles. The van der Waals surface area contributed by atoms with Crippen LogP contribution in [-0.4, -0.2) is 35.6 Å². The summed E-state index contributed by atoms with van der Waals surface area (Å²) in [5, 5.41) is 15.1. The highest BCUT2D eigenvalue weighted by atomic mass is 16.4. The van der Waals surface area contributed by atoms with E-state index in [-0.39, 0.29) is 11.5 Å². The Morgan fingerprint density at radius 2 is 2.05 bits per heavy atom. The molecule has 21 heavy (non-hydrogen) atoms. The number of aromatic carboxylic acids is 1. The number of carboxylic acids is 1. The SMILES string of the molecule is CCC1(C(=O)NCCc2ccc(C(=O)O)cc2)CCCN1. The molecular weight excluding hydrogens is 268 g/mol. The van der Waals surface area contributed by atoms with Gasteiger partial charge in [-0.15, -0.1) is 0 Å². The van der Waals surface area contributed by atoms with Crippen LogP contribution in [0.5, 0.6) is 0 Å². The minimum absolute atomic E-state index is 0.0738. The number of carbonyl (C=O) groups is 2. The second kappa shape index (κ2) is 6.72. The fraction of sp³-hybridized carbons (Fsp3) is 0.500. The van der Waals surface area contributed by atoms with Crippen LogP contribution in [0.3, 0.4) is 0 Å². The Morgan fingerprint density at radius 1 is 1.33 bits per heavy atom. The van der Waals surface area contributed by atoms with Gasteiger partial charge < -0.3 is 15.7 Å². The summed E-state index contributed by atoms with van der Waals surface area (Å²) in [7, 11) is 0. The van der Waals surface area contributed by atoms with Crippen molar-refractivity contribution in [3.8, 4) is 0 Å². The summed E-state index contributed by atoms with van der Waals surface area (Å²) in [6.45, 7) is 3.50. The van der Waals surface area contributed by atoms with Crippen molar-refractivity contribution in [3.63, 3.8) is 0 Å². The van der Waals surface area contributed by atoms with Crippen LogP contribution in [0.25, 0.3) is 0 Å². The normalized spacial score (nSPS) is 21.2. The van der Waals surface area contributed by atoms with E-state index in [2.05, 4.69) is 10.6 Å². The van der Waals surface area contributed by atoms with Gasteiger partial charge in [0.15, 0.2) is 0 Å². The molecule has 2 rings (SSSR count). The van der Waals surface area contributed by atoms with Crippen LogP contribution < -0.4 is 10.6 Å². The predicted molar refractivity (Wildman–Crippen MR) is 80.4 cm³/mol. The molecule has 1 saturated heterocycles. The summed E-state index contributed by atoms with van der Waals surface area (Å²) in [6.07, 6.45) is 3.43. The van der Waals surface area contributed by atoms with E-state index < -0.39 is 11.5 Å². The number of hydrogen-bond acceptors (Lipinski definition) is 3. The summed E-state index contributed by atoms with van der Waals surface area (Å²) in [6, 6.07) is 6.76. The number of carbonyl (C=O) groups excluding carboxylic acids is 1. The highest BCUT2D eigenvalue weighted by Gasteiger charge is 2.38. The first kappa shape index (κ1) is 15.5. The van der Waals surface area contributed by atoms with Gasteiger partial charge in [0.1, 0.15) is 0 Å². The zero-order valence-electron chi connectivity index (χ0n) is 12.3. The van der Waals surface area contributed by atoms with Gasteiger partial charge in [-0.2, -0.15) is 0 Å². The molecule has 114 valence electrons. The minimum atomic E-state index is -0.924. The molecule has 0 radical (unpaired) electrons. The number of benzene rings is 1. The molecule has 1 fully saturated rings. The third-order valence-electron chi connectivity index (χ3n) is 4.18. The summed E-state index contributed by atoms with van der Waals surface area (Å²) < 4.78 is 0. The van der Waals surface area contributed by atoms with Gasteiger partial charge in [-0.25, -0.2) is 4.79 Å². The van der Waals surface area contributed by atoms with Gasteiger partial charge in [-0.1, -0.05) is 19.1 Å². The molecule has 1 unspecified atom stereocenters. The van der Waals surface area contributed by atoms with Gasteiger partial charge >= 0.3 is 5.97 Å². The Hall–Kier alpha value is -1.88. The summed E-state index contributed by atoms with van der Waals surface area (Å²) >= 11 is 0. The summed E-state index contributed by atoms with van der Waals surface area (Å²) in [4.78, 5) is 23.0. The smallest absolute Gasteiger partial charge is 0.335 e. The fourth-order valence-electron chi connectivity index (χ4n) is 2.77. The van der Waals surface area contributed by atoms with Crippen molar-refractivity contribution in [1.29, 1.82) is 0 Å². The first-order valence-electron chi connectivity index (χ1n) is 7.43. The standard InChI is InChI=1S/C16H22N2O3/c1-2-16(9-3-10-18-16)15(21)17-11-8-12-4-6-13(7-5-12)14(19)20/h4-7,18H,2-3,8-11H2,1H3,(H,17,21)(H,19,20). The number of rotatable bonds is 6. The van der Waals surface area contributed by atoms with Crippen LogP contribution >= 0.6 is 0 Å². The molecular formula is C16H22N2O3. The molecule has 1 aromatic carbocycles. The second-order valence-electron chi connectivity index (χ2n) is 5.47. The van der Waals surface area contributed by atoms with E-state index in [0.29, 0.717) is 13.0 Å². The topological polar surface area (TPSA) is 78.4 Å². The van der Waals surface area contributed by atoms with Gasteiger partial charge in [0.25, 0.3) is 0 Å². The Bertz CT molecular complexity index is 505. The van der Waals surface area contributed by atoms with Crippen molar-refractivity contribution in [2.45, 2.75) is 38.1 Å². The highest BCUT2D eigenvalue weighted by Crippen LogP contribution is 2.22. The van der Waals surface area contributed by atoms with Crippen LogP contribution in [0.4, 0.5) is 0 Å². The minimum Gasteiger partial charge on any atom is -0.478 e. The number of carboxylic acid groups (broad SMARTS) is 1. The zero-order valence-corrected chi connectivity index (χ0v) is 12.3. The van der Waals surface area contributed by atoms with Crippen molar-refractivity contribution in [1.82, 2.24) is 10.6 Å². The van der Waals surface area contributed by atoms with Crippen molar-refractivity contribution in [2.24, 2.45) is 0 Å². The molecule has 1 aliphatic rings. The van der Waals surface area contributed by atoms with Gasteiger partial charge in [0, 0.05) is 6.54 Å². The van der Waals surface area contributed by atoms with Crippen LogP contribution in [0.2, 0.25) is 0 Å². The van der Waals surface area contributed by atoms with E-state index >= 15 is 0 Å². The van der Waals surface area contributed by atoms with Gasteiger partial charge in [0.2, 0.25) is 5.91 Å². The van der Waals surface area contributed by atoms with Crippen molar-refractivity contribution in [3.05, 3.63) is 35.4 Å². The molecule has 0 bridgehead atoms. The summed E-state index contributed by atoms with van der Waals surface area (Å²) in [5.41, 5.74) is 0.904. The van der Waals surface area contributed by atoms with Crippen LogP contribution in [-0.2, 0) is 11.2 Å². The lowest BCUT2D eigenvalue weighted by atomic mass is 9.93. The molecule has 0 spiro atoms. The zero-order chi connectivity index (χ0) is 15.3. The lowest BCUT2D eigenvalue weighted by Gasteiger charge is -2.26. The largest absolute Gasteiger partial charge is 0.478 e. The van der Waals surface area contributed by atoms with Crippen LogP contribution in [0.1, 0.15) is 42.1 Å². The Labute approximate surface area is 124 Å². The maximum Gasteiger partial charge on any atom is 0.335 e. The van der Waals surface area contributed by atoms with Crippen LogP contribution in [0.15, 0.2) is 24.3 Å². The monoisotopic (exact) mass is 290 g/mol. The number of hydrogen-bond donors (Lipinski definition) is 3. The molecule has 1 atom stereocenters. The maximum absolute atomic E-state index is 12.3. The van der Waals surface area contributed by atoms with Crippen molar-refractivity contribution >= 4 is 11.9 Å². The lowest BCUT2D eigenvalue weighted by Crippen LogP contribution is -2.53. The quantitative estimate of drug-likeness (QED) is 0.743. The third kappa shape index (κ3) is 3.61. The average molecular weight is 290 g/mol. The third-order valence-corrected chi connectivity index (χ3v) is 4.18. The number of amides is 1. The Balaban J connectivity index is 1.83. The average Bonchev–Trinajstić information content (AvgIpc) is 2.98. The number of nitrogens with one attached hydrogen (secondary N) is 2. The first-order chi connectivity index (χ1) is 10.1. The van der Waals surface area contributed by atoms with Crippen molar-refractivity contribution < 1.29 is 14.7 Å². The molecule has 1 aromatic rings. The van der Waals surface area contributed by atoms with Gasteiger partial charge in [-0.3, -0.25) is 4.79 Å². The molecule has 1 heterocycles. The predicted octanol–water partition coefficient (Wildman–Crippen LogP) is 1.58. The van der Waals surface area contributed by atoms with E-state index in [4.69, 9.17) is 5.11 Å². The van der Waals surface area contributed by atoms with Gasteiger partial charge in [-0.05, 0) is 49.9 Å². The van der Waals surface area contributed by atoms with Crippen molar-refractivity contribution in [2.75, 3.05) is 13.1 Å². The Morgan fingerprint density at radius 3 is 2.57 bits per heavy atom.